The number of anilines is 1. The van der Waals surface area contributed by atoms with E-state index in [1.54, 1.807) is 11.8 Å². The lowest BCUT2D eigenvalue weighted by Crippen LogP contribution is -1.83. The number of benzene rings is 1. The van der Waals surface area contributed by atoms with Gasteiger partial charge in [0.05, 0.1) is 4.88 Å². The maximum absolute atomic E-state index is 10.6. The van der Waals surface area contributed by atoms with E-state index in [2.05, 4.69) is 0 Å². The van der Waals surface area contributed by atoms with Crippen LogP contribution in [0.3, 0.4) is 0 Å². The van der Waals surface area contributed by atoms with E-state index in [-0.39, 0.29) is 0 Å². The van der Waals surface area contributed by atoms with E-state index in [1.165, 1.54) is 11.3 Å². The van der Waals surface area contributed by atoms with E-state index < -0.39 is 0 Å². The minimum absolute atomic E-state index is 0.747. The largest absolute Gasteiger partial charge is 0.399 e. The Bertz CT molecular complexity index is 490. The molecular formula is C10H9NOS2. The summed E-state index contributed by atoms with van der Waals surface area (Å²) in [5, 5.41) is 1.06. The third-order valence-electron chi connectivity index (χ3n) is 1.96. The Balaban J connectivity index is 2.77. The molecule has 2 nitrogen and oxygen atoms in total. The molecule has 0 atom stereocenters. The SMILES string of the molecule is CSc1cc(N)cc2cc(C=O)sc12. The topological polar surface area (TPSA) is 43.1 Å². The highest BCUT2D eigenvalue weighted by atomic mass is 32.2. The standard InChI is InChI=1S/C10H9NOS2/c1-13-9-4-7(11)2-6-3-8(5-12)14-10(6)9/h2-5H,11H2,1H3. The molecule has 0 aliphatic rings. The molecule has 2 N–H and O–H groups in total. The Hall–Kier alpha value is -1.00. The van der Waals surface area contributed by atoms with Crippen LogP contribution >= 0.6 is 23.1 Å². The lowest BCUT2D eigenvalue weighted by atomic mass is 10.2. The van der Waals surface area contributed by atoms with Crippen LogP contribution in [0.2, 0.25) is 0 Å². The lowest BCUT2D eigenvalue weighted by molar-refractivity contribution is 0.112. The van der Waals surface area contributed by atoms with E-state index in [0.29, 0.717) is 0 Å². The molecule has 1 aromatic heterocycles. The number of nitrogen functional groups attached to an aromatic ring is 1. The minimum atomic E-state index is 0.747. The van der Waals surface area contributed by atoms with Crippen molar-refractivity contribution in [1.29, 1.82) is 0 Å². The first-order valence-electron chi connectivity index (χ1n) is 4.07. The summed E-state index contributed by atoms with van der Waals surface area (Å²) in [4.78, 5) is 12.5. The first-order valence-corrected chi connectivity index (χ1v) is 6.11. The maximum Gasteiger partial charge on any atom is 0.160 e. The second-order valence-corrected chi connectivity index (χ2v) is 4.84. The molecule has 0 radical (unpaired) electrons. The Labute approximate surface area is 90.1 Å². The number of aldehydes is 1. The summed E-state index contributed by atoms with van der Waals surface area (Å²) >= 11 is 3.16. The molecule has 4 heteroatoms. The highest BCUT2D eigenvalue weighted by Gasteiger charge is 2.06. The summed E-state index contributed by atoms with van der Waals surface area (Å²) in [5.41, 5.74) is 6.50. The van der Waals surface area contributed by atoms with Crippen LogP contribution in [0.1, 0.15) is 9.67 Å². The average Bonchev–Trinajstić information content (AvgIpc) is 2.59. The molecule has 0 bridgehead atoms. The molecule has 14 heavy (non-hydrogen) atoms. The van der Waals surface area contributed by atoms with Crippen molar-refractivity contribution in [3.8, 4) is 0 Å². The predicted octanol–water partition coefficient (Wildman–Crippen LogP) is 3.02. The van der Waals surface area contributed by atoms with Crippen LogP contribution in [-0.2, 0) is 0 Å². The Kier molecular flexibility index (Phi) is 2.48. The van der Waals surface area contributed by atoms with Crippen molar-refractivity contribution in [3.63, 3.8) is 0 Å². The van der Waals surface area contributed by atoms with Gasteiger partial charge in [0, 0.05) is 15.3 Å². The molecule has 0 amide bonds. The average molecular weight is 223 g/mol. The molecule has 2 aromatic rings. The van der Waals surface area contributed by atoms with Gasteiger partial charge in [0.2, 0.25) is 0 Å². The van der Waals surface area contributed by atoms with Gasteiger partial charge >= 0.3 is 0 Å². The van der Waals surface area contributed by atoms with Crippen LogP contribution in [0.5, 0.6) is 0 Å². The third-order valence-corrected chi connectivity index (χ3v) is 3.96. The molecule has 0 aliphatic heterocycles. The molecule has 1 heterocycles. The van der Waals surface area contributed by atoms with Gasteiger partial charge in [-0.1, -0.05) is 0 Å². The first-order chi connectivity index (χ1) is 6.74. The Morgan fingerprint density at radius 1 is 1.43 bits per heavy atom. The second-order valence-electron chi connectivity index (χ2n) is 2.91. The fourth-order valence-electron chi connectivity index (χ4n) is 1.37. The number of nitrogens with two attached hydrogens (primary N) is 1. The normalized spacial score (nSPS) is 10.6. The molecule has 72 valence electrons. The van der Waals surface area contributed by atoms with Gasteiger partial charge in [0.15, 0.2) is 6.29 Å². The molecule has 0 unspecified atom stereocenters. The molecule has 0 spiro atoms. The molecule has 0 saturated carbocycles. The predicted molar refractivity (Wildman–Crippen MR) is 63.4 cm³/mol. The van der Waals surface area contributed by atoms with Crippen molar-refractivity contribution in [1.82, 2.24) is 0 Å². The van der Waals surface area contributed by atoms with E-state index in [1.807, 2.05) is 24.5 Å². The number of carbonyl (C=O) groups is 1. The zero-order chi connectivity index (χ0) is 10.1. The number of hydrogen-bond acceptors (Lipinski definition) is 4. The maximum atomic E-state index is 10.6. The third kappa shape index (κ3) is 1.51. The zero-order valence-electron chi connectivity index (χ0n) is 7.61. The van der Waals surface area contributed by atoms with Gasteiger partial charge in [-0.15, -0.1) is 23.1 Å². The summed E-state index contributed by atoms with van der Waals surface area (Å²) in [7, 11) is 0. The molecule has 0 fully saturated rings. The summed E-state index contributed by atoms with van der Waals surface area (Å²) < 4.78 is 1.15. The van der Waals surface area contributed by atoms with Gasteiger partial charge in [-0.25, -0.2) is 0 Å². The van der Waals surface area contributed by atoms with Gasteiger partial charge in [-0.2, -0.15) is 0 Å². The number of thioether (sulfide) groups is 1. The van der Waals surface area contributed by atoms with Gasteiger partial charge in [0.1, 0.15) is 0 Å². The minimum Gasteiger partial charge on any atom is -0.399 e. The van der Waals surface area contributed by atoms with E-state index >= 15 is 0 Å². The van der Waals surface area contributed by atoms with Crippen molar-refractivity contribution in [2.24, 2.45) is 0 Å². The summed E-state index contributed by atoms with van der Waals surface area (Å²) in [6.45, 7) is 0. The van der Waals surface area contributed by atoms with Crippen molar-refractivity contribution >= 4 is 45.2 Å². The van der Waals surface area contributed by atoms with Crippen LogP contribution in [0, 0.1) is 0 Å². The number of rotatable bonds is 2. The Morgan fingerprint density at radius 3 is 2.86 bits per heavy atom. The van der Waals surface area contributed by atoms with E-state index in [9.17, 15) is 4.79 Å². The Morgan fingerprint density at radius 2 is 2.21 bits per heavy atom. The van der Waals surface area contributed by atoms with Crippen molar-refractivity contribution < 1.29 is 4.79 Å². The second kappa shape index (κ2) is 3.63. The van der Waals surface area contributed by atoms with E-state index in [4.69, 9.17) is 5.73 Å². The first kappa shape index (κ1) is 9.55. The molecule has 0 saturated heterocycles. The van der Waals surface area contributed by atoms with Crippen LogP contribution in [0.4, 0.5) is 5.69 Å². The van der Waals surface area contributed by atoms with Crippen molar-refractivity contribution in [3.05, 3.63) is 23.1 Å². The number of thiophene rings is 1. The number of fused-ring (bicyclic) bond motifs is 1. The van der Waals surface area contributed by atoms with Gasteiger partial charge in [-0.3, -0.25) is 4.79 Å². The van der Waals surface area contributed by atoms with Crippen LogP contribution in [-0.4, -0.2) is 12.5 Å². The van der Waals surface area contributed by atoms with Crippen LogP contribution in [0.25, 0.3) is 10.1 Å². The highest BCUT2D eigenvalue weighted by molar-refractivity contribution is 7.99. The van der Waals surface area contributed by atoms with Crippen LogP contribution in [0.15, 0.2) is 23.1 Å². The highest BCUT2D eigenvalue weighted by Crippen LogP contribution is 2.34. The quantitative estimate of drug-likeness (QED) is 0.483. The van der Waals surface area contributed by atoms with Gasteiger partial charge in [-0.05, 0) is 29.8 Å². The van der Waals surface area contributed by atoms with Gasteiger partial charge in [0.25, 0.3) is 0 Å². The molecular weight excluding hydrogens is 214 g/mol. The fourth-order valence-corrected chi connectivity index (χ4v) is 3.17. The van der Waals surface area contributed by atoms with Gasteiger partial charge < -0.3 is 5.73 Å². The summed E-state index contributed by atoms with van der Waals surface area (Å²) in [5.74, 6) is 0. The molecule has 0 aliphatic carbocycles. The van der Waals surface area contributed by atoms with Crippen molar-refractivity contribution in [2.45, 2.75) is 4.90 Å². The van der Waals surface area contributed by atoms with Crippen LogP contribution < -0.4 is 5.73 Å². The van der Waals surface area contributed by atoms with E-state index in [0.717, 1.165) is 31.8 Å². The molecule has 2 rings (SSSR count). The summed E-state index contributed by atoms with van der Waals surface area (Å²) in [6.07, 6.45) is 2.89. The fraction of sp³-hybridized carbons (Fsp3) is 0.100. The van der Waals surface area contributed by atoms with Crippen molar-refractivity contribution in [2.75, 3.05) is 12.0 Å². The lowest BCUT2D eigenvalue weighted by Gasteiger charge is -2.00. The number of hydrogen-bond donors (Lipinski definition) is 1. The molecule has 1 aromatic carbocycles. The monoisotopic (exact) mass is 223 g/mol. The smallest absolute Gasteiger partial charge is 0.160 e. The zero-order valence-corrected chi connectivity index (χ0v) is 9.24. The number of carbonyl (C=O) groups excluding carboxylic acids is 1. The summed E-state index contributed by atoms with van der Waals surface area (Å²) in [6, 6.07) is 5.72.